The van der Waals surface area contributed by atoms with E-state index in [1.807, 2.05) is 44.3 Å². The smallest absolute Gasteiger partial charge is 0.123 e. The molecule has 1 heterocycles. The van der Waals surface area contributed by atoms with Crippen molar-refractivity contribution in [2.24, 2.45) is 0 Å². The Morgan fingerprint density at radius 3 is 2.81 bits per heavy atom. The van der Waals surface area contributed by atoms with Gasteiger partial charge in [-0.05, 0) is 38.0 Å². The maximum Gasteiger partial charge on any atom is 0.123 e. The highest BCUT2D eigenvalue weighted by Crippen LogP contribution is 2.24. The van der Waals surface area contributed by atoms with Gasteiger partial charge < -0.3 is 15.8 Å². The molecule has 0 atom stereocenters. The molecule has 4 heteroatoms. The number of aryl methyl sites for hydroxylation is 1. The minimum Gasteiger partial charge on any atom is -0.491 e. The van der Waals surface area contributed by atoms with Crippen LogP contribution in [0.1, 0.15) is 32.0 Å². The molecule has 0 radical (unpaired) electrons. The lowest BCUT2D eigenvalue weighted by Crippen LogP contribution is -2.08. The molecule has 4 nitrogen and oxygen atoms in total. The zero-order valence-corrected chi connectivity index (χ0v) is 12.9. The van der Waals surface area contributed by atoms with E-state index in [0.29, 0.717) is 12.2 Å². The van der Waals surface area contributed by atoms with E-state index in [1.54, 1.807) is 0 Å². The molecule has 0 unspecified atom stereocenters. The highest BCUT2D eigenvalue weighted by atomic mass is 16.5. The van der Waals surface area contributed by atoms with Crippen LogP contribution in [-0.4, -0.2) is 11.1 Å². The zero-order valence-electron chi connectivity index (χ0n) is 12.9. The Bertz CT molecular complexity index is 596. The van der Waals surface area contributed by atoms with Crippen molar-refractivity contribution < 1.29 is 4.74 Å². The Labute approximate surface area is 126 Å². The first-order valence-corrected chi connectivity index (χ1v) is 7.32. The van der Waals surface area contributed by atoms with E-state index in [9.17, 15) is 0 Å². The van der Waals surface area contributed by atoms with Gasteiger partial charge in [-0.1, -0.05) is 13.0 Å². The topological polar surface area (TPSA) is 60.2 Å². The fourth-order valence-corrected chi connectivity index (χ4v) is 2.20. The number of benzene rings is 1. The lowest BCUT2D eigenvalue weighted by molar-refractivity contribution is 0.242. The van der Waals surface area contributed by atoms with Gasteiger partial charge >= 0.3 is 0 Å². The van der Waals surface area contributed by atoms with Gasteiger partial charge in [0.2, 0.25) is 0 Å². The molecule has 21 heavy (non-hydrogen) atoms. The molecule has 2 aromatic rings. The number of pyridine rings is 1. The quantitative estimate of drug-likeness (QED) is 0.796. The van der Waals surface area contributed by atoms with Crippen LogP contribution in [0.25, 0.3) is 0 Å². The normalized spacial score (nSPS) is 10.7. The van der Waals surface area contributed by atoms with Crippen LogP contribution < -0.4 is 15.8 Å². The minimum atomic E-state index is 0.127. The van der Waals surface area contributed by atoms with Crippen molar-refractivity contribution in [3.8, 4) is 5.75 Å². The molecule has 0 fully saturated rings. The van der Waals surface area contributed by atoms with Crippen LogP contribution in [0, 0.1) is 0 Å². The van der Waals surface area contributed by atoms with Gasteiger partial charge in [0.25, 0.3) is 0 Å². The van der Waals surface area contributed by atoms with Gasteiger partial charge in [0, 0.05) is 29.7 Å². The van der Waals surface area contributed by atoms with E-state index in [4.69, 9.17) is 10.5 Å². The zero-order chi connectivity index (χ0) is 15.2. The molecule has 2 rings (SSSR count). The Hall–Kier alpha value is -2.23. The molecule has 0 aliphatic rings. The van der Waals surface area contributed by atoms with Crippen LogP contribution in [0.5, 0.6) is 5.75 Å². The van der Waals surface area contributed by atoms with Crippen molar-refractivity contribution in [3.05, 3.63) is 47.8 Å². The molecule has 0 saturated heterocycles. The second kappa shape index (κ2) is 6.97. The van der Waals surface area contributed by atoms with Crippen molar-refractivity contribution in [2.75, 3.05) is 11.1 Å². The average molecular weight is 285 g/mol. The number of rotatable bonds is 6. The summed E-state index contributed by atoms with van der Waals surface area (Å²) >= 11 is 0. The summed E-state index contributed by atoms with van der Waals surface area (Å²) in [4.78, 5) is 4.43. The fourth-order valence-electron chi connectivity index (χ4n) is 2.20. The Morgan fingerprint density at radius 1 is 1.29 bits per heavy atom. The van der Waals surface area contributed by atoms with Gasteiger partial charge in [-0.15, -0.1) is 0 Å². The number of nitrogens with zero attached hydrogens (tertiary/aromatic N) is 1. The van der Waals surface area contributed by atoms with Crippen molar-refractivity contribution in [1.29, 1.82) is 0 Å². The number of ether oxygens (including phenoxy) is 1. The van der Waals surface area contributed by atoms with Gasteiger partial charge in [0.05, 0.1) is 18.3 Å². The van der Waals surface area contributed by atoms with Gasteiger partial charge in [0.15, 0.2) is 0 Å². The first-order valence-electron chi connectivity index (χ1n) is 7.32. The number of nitrogen functional groups attached to an aromatic ring is 1. The minimum absolute atomic E-state index is 0.127. The number of anilines is 2. The lowest BCUT2D eigenvalue weighted by Gasteiger charge is -2.14. The number of aromatic nitrogens is 1. The summed E-state index contributed by atoms with van der Waals surface area (Å²) in [6.07, 6.45) is 2.92. The number of nitrogens with one attached hydrogen (secondary N) is 1. The number of hydrogen-bond acceptors (Lipinski definition) is 4. The molecule has 0 aliphatic heterocycles. The summed E-state index contributed by atoms with van der Waals surface area (Å²) < 4.78 is 5.70. The first-order chi connectivity index (χ1) is 10.1. The van der Waals surface area contributed by atoms with Crippen LogP contribution in [0.3, 0.4) is 0 Å². The van der Waals surface area contributed by atoms with Crippen molar-refractivity contribution in [1.82, 2.24) is 4.98 Å². The summed E-state index contributed by atoms with van der Waals surface area (Å²) in [5, 5.41) is 3.37. The molecule has 0 aliphatic carbocycles. The number of nitrogens with two attached hydrogens (primary N) is 1. The molecule has 3 N–H and O–H groups in total. The predicted octanol–water partition coefficient (Wildman–Crippen LogP) is 3.63. The summed E-state index contributed by atoms with van der Waals surface area (Å²) in [6, 6.07) is 9.78. The van der Waals surface area contributed by atoms with Crippen molar-refractivity contribution >= 4 is 11.4 Å². The summed E-state index contributed by atoms with van der Waals surface area (Å²) in [7, 11) is 0. The fraction of sp³-hybridized carbons (Fsp3) is 0.353. The molecule has 0 bridgehead atoms. The summed E-state index contributed by atoms with van der Waals surface area (Å²) in [5.41, 5.74) is 9.88. The van der Waals surface area contributed by atoms with Gasteiger partial charge in [-0.3, -0.25) is 4.98 Å². The molecule has 0 spiro atoms. The number of hydrogen-bond donors (Lipinski definition) is 2. The molecule has 1 aromatic carbocycles. The molecule has 1 aromatic heterocycles. The van der Waals surface area contributed by atoms with E-state index >= 15 is 0 Å². The Balaban J connectivity index is 2.10. The van der Waals surface area contributed by atoms with Crippen molar-refractivity contribution in [3.63, 3.8) is 0 Å². The molecular formula is C17H23N3O. The van der Waals surface area contributed by atoms with E-state index in [0.717, 1.165) is 23.6 Å². The largest absolute Gasteiger partial charge is 0.491 e. The third kappa shape index (κ3) is 4.38. The van der Waals surface area contributed by atoms with Crippen LogP contribution >= 0.6 is 0 Å². The Morgan fingerprint density at radius 2 is 2.10 bits per heavy atom. The lowest BCUT2D eigenvalue weighted by atomic mass is 10.1. The van der Waals surface area contributed by atoms with Crippen molar-refractivity contribution in [2.45, 2.75) is 39.8 Å². The first kappa shape index (κ1) is 15.2. The van der Waals surface area contributed by atoms with Crippen LogP contribution in [0.2, 0.25) is 0 Å². The summed E-state index contributed by atoms with van der Waals surface area (Å²) in [5.74, 6) is 0.782. The maximum absolute atomic E-state index is 5.92. The van der Waals surface area contributed by atoms with E-state index in [2.05, 4.69) is 23.3 Å². The second-order valence-corrected chi connectivity index (χ2v) is 5.27. The molecule has 0 amide bonds. The van der Waals surface area contributed by atoms with Crippen LogP contribution in [-0.2, 0) is 13.0 Å². The van der Waals surface area contributed by atoms with Gasteiger partial charge in [-0.25, -0.2) is 0 Å². The molecular weight excluding hydrogens is 262 g/mol. The summed E-state index contributed by atoms with van der Waals surface area (Å²) in [6.45, 7) is 6.81. The van der Waals surface area contributed by atoms with Gasteiger partial charge in [-0.2, -0.15) is 0 Å². The van der Waals surface area contributed by atoms with E-state index in [1.165, 1.54) is 5.56 Å². The third-order valence-electron chi connectivity index (χ3n) is 3.13. The highest BCUT2D eigenvalue weighted by Gasteiger charge is 2.04. The molecule has 0 saturated carbocycles. The Kier molecular flexibility index (Phi) is 5.04. The maximum atomic E-state index is 5.92. The van der Waals surface area contributed by atoms with E-state index < -0.39 is 0 Å². The second-order valence-electron chi connectivity index (χ2n) is 5.27. The third-order valence-corrected chi connectivity index (χ3v) is 3.13. The monoisotopic (exact) mass is 285 g/mol. The standard InChI is InChI=1S/C17H23N3O/c1-4-13-6-5-7-19-17(13)11-20-15-8-14(18)9-16(10-15)21-12(2)3/h5-10,12,20H,4,11,18H2,1-3H3. The SMILES string of the molecule is CCc1cccnc1CNc1cc(N)cc(OC(C)C)c1. The highest BCUT2D eigenvalue weighted by molar-refractivity contribution is 5.59. The molecule has 112 valence electrons. The van der Waals surface area contributed by atoms with Crippen LogP contribution in [0.15, 0.2) is 36.5 Å². The predicted molar refractivity (Wildman–Crippen MR) is 87.6 cm³/mol. The van der Waals surface area contributed by atoms with Crippen LogP contribution in [0.4, 0.5) is 11.4 Å². The van der Waals surface area contributed by atoms with Gasteiger partial charge in [0.1, 0.15) is 5.75 Å². The van der Waals surface area contributed by atoms with E-state index in [-0.39, 0.29) is 6.10 Å². The average Bonchev–Trinajstić information content (AvgIpc) is 2.44.